The lowest BCUT2D eigenvalue weighted by Gasteiger charge is -2.28. The van der Waals surface area contributed by atoms with Crippen LogP contribution in [0.2, 0.25) is 0 Å². The van der Waals surface area contributed by atoms with Crippen molar-refractivity contribution in [2.75, 3.05) is 11.5 Å². The third-order valence-electron chi connectivity index (χ3n) is 3.95. The quantitative estimate of drug-likeness (QED) is 0.866. The molecule has 1 aromatic carbocycles. The molecule has 1 aliphatic rings. The minimum Gasteiger partial charge on any atom is -0.298 e. The molecular formula is C16H20N2OS2. The first-order valence-corrected chi connectivity index (χ1v) is 9.47. The van der Waals surface area contributed by atoms with Crippen molar-refractivity contribution >= 4 is 40.2 Å². The van der Waals surface area contributed by atoms with Gasteiger partial charge in [0, 0.05) is 29.2 Å². The normalized spacial score (nSPS) is 22.6. The fourth-order valence-electron chi connectivity index (χ4n) is 2.89. The van der Waals surface area contributed by atoms with Crippen LogP contribution < -0.4 is 0 Å². The largest absolute Gasteiger partial charge is 0.298 e. The Balaban J connectivity index is 1.83. The predicted octanol–water partition coefficient (Wildman–Crippen LogP) is 3.31. The third kappa shape index (κ3) is 2.99. The van der Waals surface area contributed by atoms with Gasteiger partial charge in [-0.15, -0.1) is 11.8 Å². The Bertz CT molecular complexity index is 653. The molecule has 1 aromatic heterocycles. The summed E-state index contributed by atoms with van der Waals surface area (Å²) in [6.45, 7) is 2.18. The maximum Gasteiger partial charge on any atom is 0.152 e. The van der Waals surface area contributed by atoms with Crippen LogP contribution in [-0.4, -0.2) is 37.6 Å². The minimum atomic E-state index is 0.134. The van der Waals surface area contributed by atoms with Crippen molar-refractivity contribution in [3.05, 3.63) is 30.0 Å². The number of ketones is 1. The molecule has 112 valence electrons. The number of aryl methyl sites for hydroxylation is 1. The van der Waals surface area contributed by atoms with E-state index < -0.39 is 0 Å². The first kappa shape index (κ1) is 15.0. The van der Waals surface area contributed by atoms with Gasteiger partial charge in [0.1, 0.15) is 0 Å². The topological polar surface area (TPSA) is 34.9 Å². The predicted molar refractivity (Wildman–Crippen MR) is 92.2 cm³/mol. The number of hydrogen-bond donors (Lipinski definition) is 0. The summed E-state index contributed by atoms with van der Waals surface area (Å²) >= 11 is 3.78. The maximum atomic E-state index is 12.7. The standard InChI is InChI=1S/C16H20N2OS2/c1-3-15-16(21-9-8-20-15)14(19)10-12-11-6-4-5-7-13(11)18(2)17-12/h4-7,15-16H,3,8-10H2,1-2H3. The van der Waals surface area contributed by atoms with E-state index in [1.807, 2.05) is 47.4 Å². The average Bonchev–Trinajstić information content (AvgIpc) is 2.84. The molecule has 0 amide bonds. The summed E-state index contributed by atoms with van der Waals surface area (Å²) in [5.74, 6) is 2.59. The fourth-order valence-corrected chi connectivity index (χ4v) is 5.92. The summed E-state index contributed by atoms with van der Waals surface area (Å²) in [6, 6.07) is 8.13. The first-order chi connectivity index (χ1) is 10.2. The van der Waals surface area contributed by atoms with Gasteiger partial charge in [0.2, 0.25) is 0 Å². The van der Waals surface area contributed by atoms with Gasteiger partial charge in [0.05, 0.1) is 22.9 Å². The molecule has 0 radical (unpaired) electrons. The van der Waals surface area contributed by atoms with E-state index in [0.717, 1.165) is 28.8 Å². The number of aromatic nitrogens is 2. The van der Waals surface area contributed by atoms with Crippen LogP contribution in [0.1, 0.15) is 19.0 Å². The van der Waals surface area contributed by atoms with Gasteiger partial charge < -0.3 is 0 Å². The number of hydrogen-bond acceptors (Lipinski definition) is 4. The maximum absolute atomic E-state index is 12.7. The minimum absolute atomic E-state index is 0.134. The van der Waals surface area contributed by atoms with Gasteiger partial charge in [-0.05, 0) is 12.5 Å². The molecule has 2 aromatic rings. The summed E-state index contributed by atoms with van der Waals surface area (Å²) in [7, 11) is 1.94. The smallest absolute Gasteiger partial charge is 0.152 e. The number of thioether (sulfide) groups is 2. The molecule has 21 heavy (non-hydrogen) atoms. The number of rotatable bonds is 4. The summed E-state index contributed by atoms with van der Waals surface area (Å²) in [5, 5.41) is 6.26. The Hall–Kier alpha value is -0.940. The van der Waals surface area contributed by atoms with E-state index in [1.54, 1.807) is 0 Å². The molecule has 1 aliphatic heterocycles. The van der Waals surface area contributed by atoms with Crippen molar-refractivity contribution in [2.45, 2.75) is 30.3 Å². The molecule has 2 atom stereocenters. The van der Waals surface area contributed by atoms with Crippen LogP contribution in [0, 0.1) is 0 Å². The first-order valence-electron chi connectivity index (χ1n) is 7.37. The van der Waals surface area contributed by atoms with Crippen LogP contribution in [0.4, 0.5) is 0 Å². The van der Waals surface area contributed by atoms with E-state index in [1.165, 1.54) is 5.75 Å². The Morgan fingerprint density at radius 1 is 1.33 bits per heavy atom. The molecule has 0 bridgehead atoms. The van der Waals surface area contributed by atoms with Crippen molar-refractivity contribution in [1.82, 2.24) is 9.78 Å². The fraction of sp³-hybridized carbons (Fsp3) is 0.500. The van der Waals surface area contributed by atoms with Crippen LogP contribution in [0.3, 0.4) is 0 Å². The van der Waals surface area contributed by atoms with E-state index in [2.05, 4.69) is 24.2 Å². The van der Waals surface area contributed by atoms with Crippen LogP contribution in [0.25, 0.3) is 10.9 Å². The number of nitrogens with zero attached hydrogens (tertiary/aromatic N) is 2. The molecule has 1 fully saturated rings. The van der Waals surface area contributed by atoms with E-state index >= 15 is 0 Å². The Morgan fingerprint density at radius 2 is 2.10 bits per heavy atom. The lowest BCUT2D eigenvalue weighted by atomic mass is 10.1. The van der Waals surface area contributed by atoms with E-state index in [9.17, 15) is 4.79 Å². The molecule has 0 spiro atoms. The molecule has 0 N–H and O–H groups in total. The van der Waals surface area contributed by atoms with Crippen molar-refractivity contribution < 1.29 is 4.79 Å². The molecule has 0 saturated carbocycles. The molecule has 0 aliphatic carbocycles. The second-order valence-corrected chi connectivity index (χ2v) is 7.94. The van der Waals surface area contributed by atoms with Crippen molar-refractivity contribution in [1.29, 1.82) is 0 Å². The lowest BCUT2D eigenvalue weighted by Crippen LogP contribution is -2.33. The van der Waals surface area contributed by atoms with Gasteiger partial charge in [-0.3, -0.25) is 9.48 Å². The van der Waals surface area contributed by atoms with Gasteiger partial charge in [-0.1, -0.05) is 25.1 Å². The zero-order valence-electron chi connectivity index (χ0n) is 12.4. The monoisotopic (exact) mass is 320 g/mol. The second-order valence-electron chi connectivity index (χ2n) is 5.34. The van der Waals surface area contributed by atoms with E-state index in [4.69, 9.17) is 0 Å². The molecule has 2 unspecified atom stereocenters. The second kappa shape index (κ2) is 6.44. The zero-order chi connectivity index (χ0) is 14.8. The van der Waals surface area contributed by atoms with Crippen LogP contribution in [-0.2, 0) is 18.3 Å². The molecule has 3 nitrogen and oxygen atoms in total. The molecular weight excluding hydrogens is 300 g/mol. The number of para-hydroxylation sites is 1. The van der Waals surface area contributed by atoms with Crippen molar-refractivity contribution in [2.24, 2.45) is 7.05 Å². The highest BCUT2D eigenvalue weighted by atomic mass is 32.2. The number of carbonyl (C=O) groups excluding carboxylic acids is 1. The Morgan fingerprint density at radius 3 is 2.90 bits per heavy atom. The van der Waals surface area contributed by atoms with E-state index in [-0.39, 0.29) is 5.25 Å². The van der Waals surface area contributed by atoms with Gasteiger partial charge in [0.15, 0.2) is 5.78 Å². The highest BCUT2D eigenvalue weighted by Crippen LogP contribution is 2.34. The molecule has 5 heteroatoms. The SMILES string of the molecule is CCC1SCCSC1C(=O)Cc1nn(C)c2ccccc12. The number of carbonyl (C=O) groups is 1. The molecule has 1 saturated heterocycles. The van der Waals surface area contributed by atoms with Crippen LogP contribution in [0.5, 0.6) is 0 Å². The summed E-state index contributed by atoms with van der Waals surface area (Å²) < 4.78 is 1.87. The highest BCUT2D eigenvalue weighted by Gasteiger charge is 2.31. The van der Waals surface area contributed by atoms with Crippen LogP contribution >= 0.6 is 23.5 Å². The Labute approximate surface area is 133 Å². The molecule has 2 heterocycles. The van der Waals surface area contributed by atoms with Gasteiger partial charge in [-0.25, -0.2) is 0 Å². The van der Waals surface area contributed by atoms with Gasteiger partial charge >= 0.3 is 0 Å². The Kier molecular flexibility index (Phi) is 4.60. The highest BCUT2D eigenvalue weighted by molar-refractivity contribution is 8.07. The van der Waals surface area contributed by atoms with E-state index in [0.29, 0.717) is 17.5 Å². The van der Waals surface area contributed by atoms with Gasteiger partial charge in [-0.2, -0.15) is 16.9 Å². The summed E-state index contributed by atoms with van der Waals surface area (Å²) in [5.41, 5.74) is 2.02. The number of fused-ring (bicyclic) bond motifs is 1. The summed E-state index contributed by atoms with van der Waals surface area (Å²) in [6.07, 6.45) is 1.52. The molecule has 3 rings (SSSR count). The third-order valence-corrected chi connectivity index (χ3v) is 7.24. The van der Waals surface area contributed by atoms with Gasteiger partial charge in [0.25, 0.3) is 0 Å². The van der Waals surface area contributed by atoms with Crippen molar-refractivity contribution in [3.8, 4) is 0 Å². The van der Waals surface area contributed by atoms with Crippen molar-refractivity contribution in [3.63, 3.8) is 0 Å². The van der Waals surface area contributed by atoms with Crippen LogP contribution in [0.15, 0.2) is 24.3 Å². The lowest BCUT2D eigenvalue weighted by molar-refractivity contribution is -0.118. The average molecular weight is 320 g/mol. The number of benzene rings is 1. The summed E-state index contributed by atoms with van der Waals surface area (Å²) in [4.78, 5) is 12.7. The zero-order valence-corrected chi connectivity index (χ0v) is 14.0. The number of Topliss-reactive ketones (excluding diaryl/α,β-unsaturated/α-hetero) is 1.